The van der Waals surface area contributed by atoms with Gasteiger partial charge in [0.2, 0.25) is 22.3 Å². The Morgan fingerprint density at radius 3 is 1.16 bits per heavy atom. The van der Waals surface area contributed by atoms with Crippen LogP contribution in [0.3, 0.4) is 0 Å². The van der Waals surface area contributed by atoms with E-state index in [1.807, 2.05) is 38.1 Å². The van der Waals surface area contributed by atoms with Crippen LogP contribution in [0, 0.1) is 10.8 Å². The molecule has 0 aliphatic rings. The molecule has 0 heterocycles. The van der Waals surface area contributed by atoms with Gasteiger partial charge in [0.25, 0.3) is 0 Å². The minimum absolute atomic E-state index is 0.470. The summed E-state index contributed by atoms with van der Waals surface area (Å²) < 4.78 is 10.9. The van der Waals surface area contributed by atoms with Crippen molar-refractivity contribution in [1.82, 2.24) is 0 Å². The Hall–Kier alpha value is -1.74. The number of benzene rings is 2. The average molecular weight is 648 g/mol. The van der Waals surface area contributed by atoms with Crippen molar-refractivity contribution in [3.63, 3.8) is 0 Å². The zero-order valence-corrected chi connectivity index (χ0v) is 28.4. The molecule has 0 unspecified atom stereocenters. The van der Waals surface area contributed by atoms with E-state index in [1.165, 1.54) is 0 Å². The molecule has 0 aliphatic carbocycles. The van der Waals surface area contributed by atoms with Crippen LogP contribution in [-0.4, -0.2) is 39.4 Å². The van der Waals surface area contributed by atoms with E-state index in [4.69, 9.17) is 59.0 Å². The average Bonchev–Trinajstić information content (AvgIpc) is 2.86. The predicted octanol–water partition coefficient (Wildman–Crippen LogP) is 9.59. The molecule has 0 bridgehead atoms. The molecule has 0 aliphatic heterocycles. The molecule has 0 saturated heterocycles. The van der Waals surface area contributed by atoms with E-state index in [2.05, 4.69) is 47.4 Å². The molecule has 0 amide bonds. The SMILES string of the molecule is CCOc1cc(N(CC)CC)ccc1[N+]#N.CCOc1cc(N(CC)CC)ccc1[N+]#N.[Cl][Zn-2]([Cl])([Cl])[Cl]. The summed E-state index contributed by atoms with van der Waals surface area (Å²) in [6.45, 7) is 17.1. The maximum absolute atomic E-state index is 8.82. The first kappa shape index (κ1) is 35.3. The van der Waals surface area contributed by atoms with Crippen molar-refractivity contribution in [3.05, 3.63) is 46.4 Å². The fourth-order valence-corrected chi connectivity index (χ4v) is 3.28. The topological polar surface area (TPSA) is 81.2 Å². The van der Waals surface area contributed by atoms with Crippen LogP contribution in [0.2, 0.25) is 0 Å². The number of hydrogen-bond donors (Lipinski definition) is 0. The molecule has 2 aromatic carbocycles. The zero-order chi connectivity index (χ0) is 28.4. The van der Waals surface area contributed by atoms with Gasteiger partial charge in [-0.1, -0.05) is 0 Å². The quantitative estimate of drug-likeness (QED) is 0.189. The molecule has 0 aromatic heterocycles. The third kappa shape index (κ3) is 14.1. The molecule has 0 radical (unpaired) electrons. The third-order valence-corrected chi connectivity index (χ3v) is 4.96. The van der Waals surface area contributed by atoms with Gasteiger partial charge in [-0.15, -0.1) is 0 Å². The summed E-state index contributed by atoms with van der Waals surface area (Å²) in [6.07, 6.45) is 0. The monoisotopic (exact) mass is 644 g/mol. The summed E-state index contributed by atoms with van der Waals surface area (Å²) in [5.41, 5.74) is 3.11. The van der Waals surface area contributed by atoms with Gasteiger partial charge < -0.3 is 19.3 Å². The van der Waals surface area contributed by atoms with Gasteiger partial charge in [-0.25, -0.2) is 0 Å². The fourth-order valence-electron chi connectivity index (χ4n) is 3.28. The second-order valence-electron chi connectivity index (χ2n) is 7.32. The van der Waals surface area contributed by atoms with Gasteiger partial charge in [-0.05, 0) is 53.7 Å². The van der Waals surface area contributed by atoms with Crippen LogP contribution in [0.25, 0.3) is 9.95 Å². The third-order valence-electron chi connectivity index (χ3n) is 4.96. The maximum atomic E-state index is 8.82. The summed E-state index contributed by atoms with van der Waals surface area (Å²) in [5, 5.41) is 17.6. The first-order chi connectivity index (χ1) is 17.5. The molecule has 2 aromatic rings. The molecule has 2 rings (SSSR count). The summed E-state index contributed by atoms with van der Waals surface area (Å²) in [7, 11) is 16.8. The van der Waals surface area contributed by atoms with E-state index in [0.717, 1.165) is 37.6 Å². The number of ether oxygens (including phenoxy) is 2. The Balaban J connectivity index is 0.000000594. The van der Waals surface area contributed by atoms with E-state index in [-0.39, 0.29) is 0 Å². The molecule has 0 fully saturated rings. The standard InChI is InChI=1S/2C12H18N3O.4ClH.Zn/c2*1-4-15(5-2)10-7-8-11(14-13)12(9-10)16-6-3;;;;;/h2*7-9H,4-6H2,1-3H3;4*1H;/q2*+1;;;;;+2/p-4. The summed E-state index contributed by atoms with van der Waals surface area (Å²) in [5.74, 6) is 1.24. The first-order valence-electron chi connectivity index (χ1n) is 12.3. The summed E-state index contributed by atoms with van der Waals surface area (Å²) in [6, 6.07) is 11.2. The van der Waals surface area contributed by atoms with Gasteiger partial charge in [-0.2, -0.15) is 0 Å². The van der Waals surface area contributed by atoms with Gasteiger partial charge in [-0.3, -0.25) is 0 Å². The molecule has 0 atom stereocenters. The minimum atomic E-state index is -3.36. The number of hydrogen-bond acceptors (Lipinski definition) is 6. The van der Waals surface area contributed by atoms with Crippen molar-refractivity contribution >= 4 is 61.5 Å². The molecule has 0 spiro atoms. The molecule has 0 N–H and O–H groups in total. The van der Waals surface area contributed by atoms with E-state index < -0.39 is 10.8 Å². The van der Waals surface area contributed by atoms with Crippen LogP contribution < -0.4 is 19.3 Å². The Morgan fingerprint density at radius 2 is 0.946 bits per heavy atom. The Bertz CT molecular complexity index is 938. The normalized spacial score (nSPS) is 9.95. The molecule has 8 nitrogen and oxygen atoms in total. The van der Waals surface area contributed by atoms with Gasteiger partial charge in [0, 0.05) is 61.8 Å². The molecule has 204 valence electrons. The van der Waals surface area contributed by atoms with E-state index >= 15 is 0 Å². The van der Waals surface area contributed by atoms with Crippen molar-refractivity contribution in [2.75, 3.05) is 49.2 Å². The molecular weight excluding hydrogens is 612 g/mol. The van der Waals surface area contributed by atoms with Crippen molar-refractivity contribution < 1.29 is 20.3 Å². The second kappa shape index (κ2) is 19.3. The molecule has 0 saturated carbocycles. The van der Waals surface area contributed by atoms with Crippen LogP contribution in [0.4, 0.5) is 22.7 Å². The molecule has 37 heavy (non-hydrogen) atoms. The number of rotatable bonds is 10. The van der Waals surface area contributed by atoms with Crippen molar-refractivity contribution in [2.24, 2.45) is 0 Å². The summed E-state index contributed by atoms with van der Waals surface area (Å²) >= 11 is 0. The van der Waals surface area contributed by atoms with Crippen LogP contribution in [-0.2, 0) is 10.8 Å². The van der Waals surface area contributed by atoms with Gasteiger partial charge >= 0.3 is 61.0 Å². The van der Waals surface area contributed by atoms with Crippen molar-refractivity contribution in [3.8, 4) is 11.5 Å². The van der Waals surface area contributed by atoms with E-state index in [0.29, 0.717) is 36.1 Å². The molecule has 13 heteroatoms. The van der Waals surface area contributed by atoms with Crippen LogP contribution >= 0.6 is 38.8 Å². The fraction of sp³-hybridized carbons (Fsp3) is 0.500. The molecular formula is C24H36Cl4N6O2Zn. The predicted molar refractivity (Wildman–Crippen MR) is 155 cm³/mol. The van der Waals surface area contributed by atoms with Gasteiger partial charge in [0.1, 0.15) is 0 Å². The van der Waals surface area contributed by atoms with Crippen LogP contribution in [0.1, 0.15) is 41.5 Å². The van der Waals surface area contributed by atoms with Crippen molar-refractivity contribution in [2.45, 2.75) is 41.5 Å². The van der Waals surface area contributed by atoms with Crippen molar-refractivity contribution in [1.29, 1.82) is 10.8 Å². The van der Waals surface area contributed by atoms with Gasteiger partial charge in [0.05, 0.1) is 13.2 Å². The Kier molecular flexibility index (Phi) is 18.4. The van der Waals surface area contributed by atoms with Gasteiger partial charge in [0.15, 0.2) is 9.95 Å². The van der Waals surface area contributed by atoms with Crippen LogP contribution in [0.5, 0.6) is 11.5 Å². The number of anilines is 2. The second-order valence-corrected chi connectivity index (χ2v) is 35.1. The number of nitrogens with zero attached hydrogens (tertiary/aromatic N) is 6. The Labute approximate surface area is 240 Å². The Morgan fingerprint density at radius 1 is 0.649 bits per heavy atom. The number of diazo groups is 2. The zero-order valence-electron chi connectivity index (χ0n) is 22.4. The summed E-state index contributed by atoms with van der Waals surface area (Å²) in [4.78, 5) is 10.8. The first-order valence-corrected chi connectivity index (χ1v) is 27.9. The van der Waals surface area contributed by atoms with Crippen LogP contribution in [0.15, 0.2) is 36.4 Å². The number of halogens is 4. The van der Waals surface area contributed by atoms with E-state index in [9.17, 15) is 0 Å². The van der Waals surface area contributed by atoms with E-state index in [1.54, 1.807) is 12.1 Å².